The largest absolute Gasteiger partial charge is 0.872 e. The fourth-order valence-corrected chi connectivity index (χ4v) is 0.976. The van der Waals surface area contributed by atoms with Gasteiger partial charge in [-0.25, -0.2) is 0 Å². The smallest absolute Gasteiger partial charge is 0.0219 e. The summed E-state index contributed by atoms with van der Waals surface area (Å²) in [5.41, 5.74) is 1.95. The lowest BCUT2D eigenvalue weighted by Crippen LogP contribution is -1.95. The van der Waals surface area contributed by atoms with E-state index in [9.17, 15) is 5.11 Å². The van der Waals surface area contributed by atoms with Crippen molar-refractivity contribution in [3.63, 3.8) is 0 Å². The molecule has 0 N–H and O–H groups in total. The van der Waals surface area contributed by atoms with Crippen LogP contribution in [0, 0.1) is 6.92 Å². The quantitative estimate of drug-likeness (QED) is 0.600. The van der Waals surface area contributed by atoms with Crippen molar-refractivity contribution in [2.24, 2.45) is 0 Å². The summed E-state index contributed by atoms with van der Waals surface area (Å²) < 4.78 is 0. The second kappa shape index (κ2) is 2.95. The molecule has 1 rings (SSSR count). The van der Waals surface area contributed by atoms with Crippen LogP contribution in [-0.4, -0.2) is 0 Å². The second-order valence-electron chi connectivity index (χ2n) is 3.18. The molecule has 60 valence electrons. The van der Waals surface area contributed by atoms with Gasteiger partial charge in [0, 0.05) is 0 Å². The molecule has 0 aromatic heterocycles. The zero-order chi connectivity index (χ0) is 8.43. The SMILES string of the molecule is Cc1ccc(C(C)C)cc1[O-]. The van der Waals surface area contributed by atoms with Crippen molar-refractivity contribution in [2.45, 2.75) is 26.7 Å². The van der Waals surface area contributed by atoms with Crippen LogP contribution in [0.2, 0.25) is 0 Å². The van der Waals surface area contributed by atoms with Crippen LogP contribution in [0.1, 0.15) is 30.9 Å². The molecule has 0 aliphatic rings. The van der Waals surface area contributed by atoms with E-state index in [4.69, 9.17) is 0 Å². The van der Waals surface area contributed by atoms with E-state index in [1.807, 2.05) is 19.1 Å². The van der Waals surface area contributed by atoms with Gasteiger partial charge in [-0.2, -0.15) is 0 Å². The second-order valence-corrected chi connectivity index (χ2v) is 3.18. The van der Waals surface area contributed by atoms with E-state index in [1.54, 1.807) is 6.07 Å². The van der Waals surface area contributed by atoms with Gasteiger partial charge in [-0.3, -0.25) is 0 Å². The highest BCUT2D eigenvalue weighted by molar-refractivity contribution is 5.35. The predicted molar refractivity (Wildman–Crippen MR) is 44.7 cm³/mol. The molecule has 0 fully saturated rings. The van der Waals surface area contributed by atoms with E-state index in [1.165, 1.54) is 0 Å². The first-order valence-electron chi connectivity index (χ1n) is 3.89. The molecule has 0 aliphatic heterocycles. The number of aryl methyl sites for hydroxylation is 1. The van der Waals surface area contributed by atoms with Gasteiger partial charge in [0.25, 0.3) is 0 Å². The highest BCUT2D eigenvalue weighted by Crippen LogP contribution is 2.20. The summed E-state index contributed by atoms with van der Waals surface area (Å²) in [6, 6.07) is 5.62. The first-order chi connectivity index (χ1) is 5.11. The van der Waals surface area contributed by atoms with Crippen LogP contribution in [0.5, 0.6) is 5.75 Å². The fraction of sp³-hybridized carbons (Fsp3) is 0.400. The molecular weight excluding hydrogens is 136 g/mol. The van der Waals surface area contributed by atoms with Crippen molar-refractivity contribution in [3.8, 4) is 5.75 Å². The summed E-state index contributed by atoms with van der Waals surface area (Å²) in [6.45, 7) is 6.01. The monoisotopic (exact) mass is 149 g/mol. The zero-order valence-corrected chi connectivity index (χ0v) is 7.22. The van der Waals surface area contributed by atoms with E-state index in [2.05, 4.69) is 13.8 Å². The molecule has 0 heterocycles. The minimum absolute atomic E-state index is 0.149. The lowest BCUT2D eigenvalue weighted by atomic mass is 10.0. The average molecular weight is 149 g/mol. The Hall–Kier alpha value is -0.980. The maximum absolute atomic E-state index is 11.1. The Morgan fingerprint density at radius 1 is 1.27 bits per heavy atom. The number of hydrogen-bond donors (Lipinski definition) is 0. The van der Waals surface area contributed by atoms with Gasteiger partial charge in [0.1, 0.15) is 0 Å². The van der Waals surface area contributed by atoms with Crippen LogP contribution >= 0.6 is 0 Å². The van der Waals surface area contributed by atoms with Gasteiger partial charge in [-0.15, -0.1) is 5.75 Å². The summed E-state index contributed by atoms with van der Waals surface area (Å²) in [5, 5.41) is 11.1. The van der Waals surface area contributed by atoms with Crippen LogP contribution in [0.4, 0.5) is 0 Å². The van der Waals surface area contributed by atoms with E-state index >= 15 is 0 Å². The Morgan fingerprint density at radius 2 is 1.91 bits per heavy atom. The molecule has 0 saturated carbocycles. The van der Waals surface area contributed by atoms with E-state index in [-0.39, 0.29) is 5.75 Å². The summed E-state index contributed by atoms with van der Waals surface area (Å²) in [4.78, 5) is 0. The molecule has 0 radical (unpaired) electrons. The van der Waals surface area contributed by atoms with Crippen LogP contribution in [0.3, 0.4) is 0 Å². The summed E-state index contributed by atoms with van der Waals surface area (Å²) in [6.07, 6.45) is 0. The van der Waals surface area contributed by atoms with Gasteiger partial charge in [0.2, 0.25) is 0 Å². The van der Waals surface area contributed by atoms with Crippen LogP contribution in [-0.2, 0) is 0 Å². The third kappa shape index (κ3) is 1.73. The van der Waals surface area contributed by atoms with Gasteiger partial charge in [-0.05, 0) is 18.4 Å². The first-order valence-corrected chi connectivity index (χ1v) is 3.89. The first kappa shape index (κ1) is 8.12. The summed E-state index contributed by atoms with van der Waals surface area (Å²) in [7, 11) is 0. The maximum atomic E-state index is 11.1. The molecule has 1 heteroatoms. The van der Waals surface area contributed by atoms with Crippen molar-refractivity contribution < 1.29 is 5.11 Å². The third-order valence-electron chi connectivity index (χ3n) is 1.88. The molecule has 11 heavy (non-hydrogen) atoms. The maximum Gasteiger partial charge on any atom is -0.0219 e. The van der Waals surface area contributed by atoms with Crippen LogP contribution in [0.15, 0.2) is 18.2 Å². The number of benzene rings is 1. The molecule has 0 saturated heterocycles. The molecule has 0 aliphatic carbocycles. The molecule has 1 aromatic rings. The molecule has 0 amide bonds. The molecule has 1 aromatic carbocycles. The van der Waals surface area contributed by atoms with Crippen molar-refractivity contribution in [1.82, 2.24) is 0 Å². The third-order valence-corrected chi connectivity index (χ3v) is 1.88. The molecule has 0 unspecified atom stereocenters. The lowest BCUT2D eigenvalue weighted by molar-refractivity contribution is -0.269. The van der Waals surface area contributed by atoms with Gasteiger partial charge < -0.3 is 5.11 Å². The van der Waals surface area contributed by atoms with Gasteiger partial charge in [0.15, 0.2) is 0 Å². The lowest BCUT2D eigenvalue weighted by Gasteiger charge is -2.13. The molecule has 0 spiro atoms. The minimum Gasteiger partial charge on any atom is -0.872 e. The van der Waals surface area contributed by atoms with E-state index in [0.717, 1.165) is 11.1 Å². The van der Waals surface area contributed by atoms with Crippen molar-refractivity contribution in [2.75, 3.05) is 0 Å². The zero-order valence-electron chi connectivity index (χ0n) is 7.22. The summed E-state index contributed by atoms with van der Waals surface area (Å²) >= 11 is 0. The van der Waals surface area contributed by atoms with Gasteiger partial charge in [-0.1, -0.05) is 37.6 Å². The van der Waals surface area contributed by atoms with Crippen molar-refractivity contribution in [1.29, 1.82) is 0 Å². The minimum atomic E-state index is 0.149. The van der Waals surface area contributed by atoms with Crippen molar-refractivity contribution in [3.05, 3.63) is 29.3 Å². The van der Waals surface area contributed by atoms with Crippen LogP contribution < -0.4 is 5.11 Å². The van der Waals surface area contributed by atoms with Crippen LogP contribution in [0.25, 0.3) is 0 Å². The Bertz CT molecular complexity index is 251. The highest BCUT2D eigenvalue weighted by atomic mass is 16.3. The Kier molecular flexibility index (Phi) is 2.18. The Morgan fingerprint density at radius 3 is 2.36 bits per heavy atom. The van der Waals surface area contributed by atoms with E-state index in [0.29, 0.717) is 5.92 Å². The molecule has 0 bridgehead atoms. The topological polar surface area (TPSA) is 23.1 Å². The highest BCUT2D eigenvalue weighted by Gasteiger charge is 1.97. The fourth-order valence-electron chi connectivity index (χ4n) is 0.976. The normalized spacial score (nSPS) is 10.5. The number of rotatable bonds is 1. The molecular formula is C10H13O-. The van der Waals surface area contributed by atoms with Crippen molar-refractivity contribution >= 4 is 0 Å². The Balaban J connectivity index is 3.05. The summed E-state index contributed by atoms with van der Waals surface area (Å²) in [5.74, 6) is 0.597. The molecule has 1 nitrogen and oxygen atoms in total. The number of hydrogen-bond acceptors (Lipinski definition) is 1. The van der Waals surface area contributed by atoms with Gasteiger partial charge >= 0.3 is 0 Å². The standard InChI is InChI=1S/C10H14O/c1-7(2)9-5-4-8(3)10(11)6-9/h4-7,11H,1-3H3/p-1. The average Bonchev–Trinajstić information content (AvgIpc) is 1.94. The Labute approximate surface area is 67.7 Å². The van der Waals surface area contributed by atoms with Gasteiger partial charge in [0.05, 0.1) is 0 Å². The predicted octanol–water partition coefficient (Wildman–Crippen LogP) is 2.19. The van der Waals surface area contributed by atoms with E-state index < -0.39 is 0 Å². The molecule has 0 atom stereocenters.